The maximum atomic E-state index is 13.7. The molecule has 1 aromatic heterocycles. The first-order chi connectivity index (χ1) is 25.4. The average molecular weight is 753 g/mol. The van der Waals surface area contributed by atoms with Crippen LogP contribution < -0.4 is 19.7 Å². The summed E-state index contributed by atoms with van der Waals surface area (Å²) in [6.07, 6.45) is 4.87. The zero-order valence-corrected chi connectivity index (χ0v) is 32.1. The van der Waals surface area contributed by atoms with Crippen molar-refractivity contribution in [2.24, 2.45) is 5.41 Å². The molecule has 1 aliphatic carbocycles. The van der Waals surface area contributed by atoms with E-state index in [1.54, 1.807) is 38.5 Å². The van der Waals surface area contributed by atoms with Crippen molar-refractivity contribution in [3.8, 4) is 11.5 Å². The van der Waals surface area contributed by atoms with E-state index in [-0.39, 0.29) is 21.6 Å². The number of aromatic amines is 1. The fourth-order valence-electron chi connectivity index (χ4n) is 7.34. The first-order valence-corrected chi connectivity index (χ1v) is 19.8. The molecule has 10 nitrogen and oxygen atoms in total. The molecule has 1 aliphatic heterocycles. The maximum absolute atomic E-state index is 13.7. The molecule has 0 spiro atoms. The van der Waals surface area contributed by atoms with Crippen LogP contribution in [0.1, 0.15) is 54.6 Å². The zero-order valence-electron chi connectivity index (χ0n) is 30.5. The van der Waals surface area contributed by atoms with E-state index in [1.165, 1.54) is 28.8 Å². The fraction of sp³-hybridized carbons (Fsp3) is 0.317. The predicted molar refractivity (Wildman–Crippen MR) is 213 cm³/mol. The Labute approximate surface area is 316 Å². The van der Waals surface area contributed by atoms with Crippen molar-refractivity contribution < 1.29 is 17.9 Å². The van der Waals surface area contributed by atoms with Crippen molar-refractivity contribution in [3.63, 3.8) is 0 Å². The number of allylic oxidation sites excluding steroid dienone is 1. The van der Waals surface area contributed by atoms with E-state index in [1.807, 2.05) is 36.4 Å². The number of carbonyl (C=O) groups excluding carboxylic acids is 1. The van der Waals surface area contributed by atoms with E-state index < -0.39 is 15.9 Å². The van der Waals surface area contributed by atoms with Crippen LogP contribution in [0, 0.1) is 12.3 Å². The number of fused-ring (bicyclic) bond motifs is 1. The van der Waals surface area contributed by atoms with E-state index in [0.717, 1.165) is 79.5 Å². The van der Waals surface area contributed by atoms with Gasteiger partial charge >= 0.3 is 0 Å². The van der Waals surface area contributed by atoms with Crippen LogP contribution in [-0.2, 0) is 10.0 Å². The lowest BCUT2D eigenvalue weighted by Gasteiger charge is -2.39. The maximum Gasteiger partial charge on any atom is 0.268 e. The fourth-order valence-corrected chi connectivity index (χ4v) is 8.51. The molecule has 1 saturated heterocycles. The van der Waals surface area contributed by atoms with Gasteiger partial charge in [0.2, 0.25) is 0 Å². The second kappa shape index (κ2) is 14.9. The number of nitrogens with one attached hydrogen (secondary N) is 3. The molecule has 4 aromatic carbocycles. The van der Waals surface area contributed by atoms with Crippen LogP contribution in [0.3, 0.4) is 0 Å². The van der Waals surface area contributed by atoms with Crippen LogP contribution in [0.25, 0.3) is 16.6 Å². The minimum atomic E-state index is -4.18. The number of sulfonamides is 1. The average Bonchev–Trinajstić information content (AvgIpc) is 3.63. The largest absolute Gasteiger partial charge is 0.454 e. The summed E-state index contributed by atoms with van der Waals surface area (Å²) in [5, 5.41) is 3.78. The number of rotatable bonds is 10. The third kappa shape index (κ3) is 8.07. The molecule has 0 bridgehead atoms. The third-order valence-electron chi connectivity index (χ3n) is 10.4. The van der Waals surface area contributed by atoms with Crippen molar-refractivity contribution in [3.05, 3.63) is 112 Å². The first-order valence-electron chi connectivity index (χ1n) is 17.9. The van der Waals surface area contributed by atoms with Gasteiger partial charge in [0.05, 0.1) is 22.3 Å². The van der Waals surface area contributed by atoms with Gasteiger partial charge in [-0.3, -0.25) is 9.69 Å². The number of amides is 1. The molecule has 0 atom stereocenters. The molecule has 276 valence electrons. The third-order valence-corrected chi connectivity index (χ3v) is 12.0. The number of hydrogen-bond acceptors (Lipinski definition) is 8. The Morgan fingerprint density at radius 2 is 1.75 bits per heavy atom. The van der Waals surface area contributed by atoms with Crippen LogP contribution in [0.2, 0.25) is 5.02 Å². The van der Waals surface area contributed by atoms with Crippen molar-refractivity contribution in [2.45, 2.75) is 44.9 Å². The lowest BCUT2D eigenvalue weighted by atomic mass is 9.72. The highest BCUT2D eigenvalue weighted by Crippen LogP contribution is 2.43. The molecule has 2 heterocycles. The lowest BCUT2D eigenvalue weighted by molar-refractivity contribution is 0.0979. The summed E-state index contributed by atoms with van der Waals surface area (Å²) >= 11 is 6.23. The smallest absolute Gasteiger partial charge is 0.268 e. The van der Waals surface area contributed by atoms with E-state index in [9.17, 15) is 13.2 Å². The number of H-pyrrole nitrogens is 1. The Hall–Kier alpha value is -4.84. The van der Waals surface area contributed by atoms with Crippen molar-refractivity contribution in [1.82, 2.24) is 19.6 Å². The highest BCUT2D eigenvalue weighted by Gasteiger charge is 2.30. The van der Waals surface area contributed by atoms with Gasteiger partial charge in [-0.2, -0.15) is 0 Å². The number of nitrogens with zero attached hydrogens (tertiary/aromatic N) is 3. The number of aryl methyl sites for hydroxylation is 1. The summed E-state index contributed by atoms with van der Waals surface area (Å²) in [5.74, 6) is -0.111. The molecule has 0 unspecified atom stereocenters. The Morgan fingerprint density at radius 3 is 2.49 bits per heavy atom. The number of imidazole rings is 1. The number of anilines is 2. The molecule has 0 radical (unpaired) electrons. The van der Waals surface area contributed by atoms with Gasteiger partial charge in [0.25, 0.3) is 15.9 Å². The van der Waals surface area contributed by atoms with E-state index in [0.29, 0.717) is 11.3 Å². The predicted octanol–water partition coefficient (Wildman–Crippen LogP) is 8.26. The van der Waals surface area contributed by atoms with Crippen LogP contribution in [-0.4, -0.2) is 69.0 Å². The molecule has 53 heavy (non-hydrogen) atoms. The highest BCUT2D eigenvalue weighted by atomic mass is 35.5. The summed E-state index contributed by atoms with van der Waals surface area (Å²) in [5.41, 5.74) is 8.34. The molecule has 2 aliphatic rings. The number of carbonyl (C=O) groups is 1. The van der Waals surface area contributed by atoms with Crippen LogP contribution in [0.4, 0.5) is 11.4 Å². The monoisotopic (exact) mass is 752 g/mol. The SMILES string of the molecule is CNc1ccc(S(=O)(=O)NC(=O)c2ccc(N3CCN(CC4=C(c5ccc(Cl)cc5)CC(C)(C)CC4)CC3)cc2Oc2cccc3[nH]cnc23)cc1C. The Bertz CT molecular complexity index is 2290. The first kappa shape index (κ1) is 36.5. The quantitative estimate of drug-likeness (QED) is 0.131. The van der Waals surface area contributed by atoms with E-state index >= 15 is 0 Å². The van der Waals surface area contributed by atoms with Crippen molar-refractivity contribution in [2.75, 3.05) is 50.0 Å². The highest BCUT2D eigenvalue weighted by molar-refractivity contribution is 7.90. The number of benzene rings is 4. The van der Waals surface area contributed by atoms with Crippen LogP contribution in [0.15, 0.2) is 95.7 Å². The second-order valence-corrected chi connectivity index (χ2v) is 16.8. The minimum absolute atomic E-state index is 0.00594. The normalized spacial score (nSPS) is 16.5. The number of para-hydroxylation sites is 1. The van der Waals surface area contributed by atoms with Gasteiger partial charge in [-0.25, -0.2) is 18.1 Å². The summed E-state index contributed by atoms with van der Waals surface area (Å²) in [4.78, 5) is 26.0. The number of aromatic nitrogens is 2. The Kier molecular flexibility index (Phi) is 10.3. The van der Waals surface area contributed by atoms with E-state index in [2.05, 4.69) is 55.8 Å². The minimum Gasteiger partial charge on any atom is -0.454 e. The molecule has 5 aromatic rings. The number of hydrogen-bond donors (Lipinski definition) is 3. The van der Waals surface area contributed by atoms with Crippen molar-refractivity contribution >= 4 is 55.5 Å². The van der Waals surface area contributed by atoms with Crippen molar-refractivity contribution in [1.29, 1.82) is 0 Å². The molecule has 12 heteroatoms. The number of ether oxygens (including phenoxy) is 1. The molecule has 3 N–H and O–H groups in total. The molecule has 7 rings (SSSR count). The second-order valence-electron chi connectivity index (χ2n) is 14.7. The van der Waals surface area contributed by atoms with Gasteiger partial charge < -0.3 is 19.9 Å². The number of halogens is 1. The van der Waals surface area contributed by atoms with E-state index in [4.69, 9.17) is 16.3 Å². The molecule has 1 fully saturated rings. The molecular weight excluding hydrogens is 708 g/mol. The molecule has 1 amide bonds. The lowest BCUT2D eigenvalue weighted by Crippen LogP contribution is -2.47. The summed E-state index contributed by atoms with van der Waals surface area (Å²) in [6.45, 7) is 10.7. The van der Waals surface area contributed by atoms with Gasteiger partial charge in [0.1, 0.15) is 11.3 Å². The van der Waals surface area contributed by atoms with Crippen LogP contribution in [0.5, 0.6) is 11.5 Å². The molecule has 0 saturated carbocycles. The topological polar surface area (TPSA) is 120 Å². The van der Waals surface area contributed by atoms with Crippen LogP contribution >= 0.6 is 11.6 Å². The zero-order chi connectivity index (χ0) is 37.3. The van der Waals surface area contributed by atoms with Gasteiger partial charge in [-0.1, -0.05) is 49.2 Å². The summed E-state index contributed by atoms with van der Waals surface area (Å²) in [6, 6.07) is 23.7. The number of piperazine rings is 1. The summed E-state index contributed by atoms with van der Waals surface area (Å²) in [7, 11) is -2.41. The van der Waals surface area contributed by atoms with Gasteiger partial charge in [0.15, 0.2) is 5.75 Å². The Morgan fingerprint density at radius 1 is 0.981 bits per heavy atom. The van der Waals surface area contributed by atoms with Gasteiger partial charge in [0, 0.05) is 62.2 Å². The molecular formula is C41H45ClN6O4S. The standard InChI is InChI=1S/C41H45ClN6O4S/c1-27-22-32(13-15-35(27)43-4)53(50,51)46-40(49)33-14-12-31(23-38(33)52-37-7-5-6-36-39(37)45-26-44-36)48-20-18-47(19-21-48)25-29-16-17-41(2,3)24-34(29)28-8-10-30(42)11-9-28/h5-15,22-23,26,43H,16-21,24-25H2,1-4H3,(H,44,45)(H,46,49). The van der Waals surface area contributed by atoms with Gasteiger partial charge in [-0.15, -0.1) is 0 Å². The summed E-state index contributed by atoms with van der Waals surface area (Å²) < 4.78 is 35.4. The van der Waals surface area contributed by atoms with Gasteiger partial charge in [-0.05, 0) is 103 Å². The Balaban J connectivity index is 1.12.